The van der Waals surface area contributed by atoms with Crippen LogP contribution in [0.15, 0.2) is 78.7 Å². The van der Waals surface area contributed by atoms with Crippen molar-refractivity contribution in [2.75, 3.05) is 18.4 Å². The van der Waals surface area contributed by atoms with Crippen LogP contribution in [0, 0.1) is 0 Å². The number of carbonyl (C=O) groups excluding carboxylic acids is 1. The summed E-state index contributed by atoms with van der Waals surface area (Å²) in [5.41, 5.74) is 0.969. The molecule has 154 valence electrons. The highest BCUT2D eigenvalue weighted by atomic mass is 32.2. The first-order valence-corrected chi connectivity index (χ1v) is 10.6. The third kappa shape index (κ3) is 6.04. The molecular formula is C22H26N2O4S. The average molecular weight is 415 g/mol. The fraction of sp³-hybridized carbons (Fsp3) is 0.227. The van der Waals surface area contributed by atoms with Gasteiger partial charge in [0.25, 0.3) is 5.91 Å². The van der Waals surface area contributed by atoms with Crippen LogP contribution in [0.1, 0.15) is 24.2 Å². The van der Waals surface area contributed by atoms with Gasteiger partial charge in [-0.25, -0.2) is 8.42 Å². The molecule has 0 radical (unpaired) electrons. The Morgan fingerprint density at radius 1 is 1.03 bits per heavy atom. The van der Waals surface area contributed by atoms with Crippen LogP contribution in [-0.2, 0) is 10.0 Å². The van der Waals surface area contributed by atoms with Crippen molar-refractivity contribution < 1.29 is 17.9 Å². The van der Waals surface area contributed by atoms with Gasteiger partial charge < -0.3 is 10.1 Å². The van der Waals surface area contributed by atoms with E-state index in [1.54, 1.807) is 36.4 Å². The normalized spacial score (nSPS) is 11.3. The first-order valence-electron chi connectivity index (χ1n) is 9.18. The molecule has 0 unspecified atom stereocenters. The zero-order valence-corrected chi connectivity index (χ0v) is 17.5. The number of benzene rings is 2. The molecule has 2 rings (SSSR count). The number of carbonyl (C=O) groups is 1. The third-order valence-electron chi connectivity index (χ3n) is 3.90. The van der Waals surface area contributed by atoms with Crippen LogP contribution in [-0.4, -0.2) is 37.8 Å². The van der Waals surface area contributed by atoms with Crippen LogP contribution in [0.2, 0.25) is 0 Å². The SMILES string of the molecule is C=CCN(CC=C)S(=O)(=O)c1ccc(NC(=O)c2ccc(OC(C)C)cc2)cc1. The van der Waals surface area contributed by atoms with Gasteiger partial charge in [-0.3, -0.25) is 4.79 Å². The van der Waals surface area contributed by atoms with Gasteiger partial charge in [-0.1, -0.05) is 12.2 Å². The van der Waals surface area contributed by atoms with Crippen LogP contribution in [0.25, 0.3) is 0 Å². The van der Waals surface area contributed by atoms with Crippen LogP contribution < -0.4 is 10.1 Å². The Kier molecular flexibility index (Phi) is 7.75. The topological polar surface area (TPSA) is 75.7 Å². The van der Waals surface area contributed by atoms with Gasteiger partial charge in [-0.15, -0.1) is 13.2 Å². The molecule has 0 aliphatic rings. The largest absolute Gasteiger partial charge is 0.491 e. The molecule has 0 bridgehead atoms. The van der Waals surface area contributed by atoms with E-state index in [1.165, 1.54) is 28.6 Å². The number of ether oxygens (including phenoxy) is 1. The van der Waals surface area contributed by atoms with E-state index < -0.39 is 10.0 Å². The molecule has 0 spiro atoms. The number of amides is 1. The highest BCUT2D eigenvalue weighted by Crippen LogP contribution is 2.20. The summed E-state index contributed by atoms with van der Waals surface area (Å²) < 4.78 is 32.2. The molecule has 0 aromatic heterocycles. The molecule has 0 heterocycles. The molecule has 0 saturated carbocycles. The highest BCUT2D eigenvalue weighted by Gasteiger charge is 2.22. The summed E-state index contributed by atoms with van der Waals surface area (Å²) in [6.07, 6.45) is 3.10. The molecule has 7 heteroatoms. The maximum atomic E-state index is 12.7. The minimum Gasteiger partial charge on any atom is -0.491 e. The first-order chi connectivity index (χ1) is 13.8. The smallest absolute Gasteiger partial charge is 0.255 e. The molecule has 6 nitrogen and oxygen atoms in total. The van der Waals surface area contributed by atoms with Crippen molar-refractivity contribution in [3.63, 3.8) is 0 Å². The highest BCUT2D eigenvalue weighted by molar-refractivity contribution is 7.89. The molecule has 0 aliphatic carbocycles. The molecule has 0 aliphatic heterocycles. The maximum absolute atomic E-state index is 12.7. The van der Waals surface area contributed by atoms with E-state index in [4.69, 9.17) is 4.74 Å². The third-order valence-corrected chi connectivity index (χ3v) is 5.75. The lowest BCUT2D eigenvalue weighted by Crippen LogP contribution is -2.31. The van der Waals surface area contributed by atoms with Crippen LogP contribution in [0.3, 0.4) is 0 Å². The van der Waals surface area contributed by atoms with Gasteiger partial charge in [0, 0.05) is 24.3 Å². The summed E-state index contributed by atoms with van der Waals surface area (Å²) in [4.78, 5) is 12.5. The van der Waals surface area contributed by atoms with Gasteiger partial charge in [0.05, 0.1) is 11.0 Å². The Morgan fingerprint density at radius 2 is 1.59 bits per heavy atom. The van der Waals surface area contributed by atoms with Gasteiger partial charge in [0.15, 0.2) is 0 Å². The second kappa shape index (κ2) is 10.0. The molecule has 1 N–H and O–H groups in total. The molecule has 2 aromatic carbocycles. The molecule has 2 aromatic rings. The lowest BCUT2D eigenvalue weighted by atomic mass is 10.2. The Morgan fingerprint density at radius 3 is 2.07 bits per heavy atom. The predicted octanol–water partition coefficient (Wildman–Crippen LogP) is 4.09. The lowest BCUT2D eigenvalue weighted by Gasteiger charge is -2.19. The molecule has 0 saturated heterocycles. The van der Waals surface area contributed by atoms with E-state index in [1.807, 2.05) is 13.8 Å². The minimum atomic E-state index is -3.67. The Balaban J connectivity index is 2.10. The van der Waals surface area contributed by atoms with Gasteiger partial charge in [0.2, 0.25) is 10.0 Å². The van der Waals surface area contributed by atoms with Crippen molar-refractivity contribution in [3.05, 3.63) is 79.4 Å². The fourth-order valence-electron chi connectivity index (χ4n) is 2.58. The van der Waals surface area contributed by atoms with E-state index in [0.717, 1.165) is 0 Å². The maximum Gasteiger partial charge on any atom is 0.255 e. The summed E-state index contributed by atoms with van der Waals surface area (Å²) in [6.45, 7) is 11.4. The van der Waals surface area contributed by atoms with Crippen LogP contribution in [0.5, 0.6) is 5.75 Å². The molecule has 1 amide bonds. The van der Waals surface area contributed by atoms with Gasteiger partial charge >= 0.3 is 0 Å². The van der Waals surface area contributed by atoms with Crippen molar-refractivity contribution in [3.8, 4) is 5.75 Å². The number of sulfonamides is 1. The van der Waals surface area contributed by atoms with Gasteiger partial charge in [-0.2, -0.15) is 4.31 Å². The molecular weight excluding hydrogens is 388 g/mol. The predicted molar refractivity (Wildman–Crippen MR) is 116 cm³/mol. The number of anilines is 1. The molecule has 0 atom stereocenters. The zero-order valence-electron chi connectivity index (χ0n) is 16.7. The zero-order chi connectivity index (χ0) is 21.4. The quantitative estimate of drug-likeness (QED) is 0.594. The Hall–Kier alpha value is -2.90. The standard InChI is InChI=1S/C22H26N2O4S/c1-5-15-24(16-6-2)29(26,27)21-13-9-19(10-14-21)23-22(25)18-7-11-20(12-8-18)28-17(3)4/h5-14,17H,1-2,15-16H2,3-4H3,(H,23,25). The summed E-state index contributed by atoms with van der Waals surface area (Å²) in [6, 6.07) is 12.9. The molecule has 29 heavy (non-hydrogen) atoms. The lowest BCUT2D eigenvalue weighted by molar-refractivity contribution is 0.102. The van der Waals surface area contributed by atoms with E-state index >= 15 is 0 Å². The van der Waals surface area contributed by atoms with Crippen LogP contribution in [0.4, 0.5) is 5.69 Å². The second-order valence-electron chi connectivity index (χ2n) is 6.57. The monoisotopic (exact) mass is 414 g/mol. The summed E-state index contributed by atoms with van der Waals surface area (Å²) in [7, 11) is -3.67. The van der Waals surface area contributed by atoms with Crippen molar-refractivity contribution in [1.82, 2.24) is 4.31 Å². The van der Waals surface area contributed by atoms with E-state index in [2.05, 4.69) is 18.5 Å². The summed E-state index contributed by atoms with van der Waals surface area (Å²) >= 11 is 0. The molecule has 0 fully saturated rings. The number of nitrogens with zero attached hydrogens (tertiary/aromatic N) is 1. The fourth-order valence-corrected chi connectivity index (χ4v) is 3.96. The van der Waals surface area contributed by atoms with Crippen LogP contribution >= 0.6 is 0 Å². The number of hydrogen-bond donors (Lipinski definition) is 1. The van der Waals surface area contributed by atoms with Crippen molar-refractivity contribution >= 4 is 21.6 Å². The Bertz CT molecular complexity index is 939. The van der Waals surface area contributed by atoms with Gasteiger partial charge in [0.1, 0.15) is 5.75 Å². The number of hydrogen-bond acceptors (Lipinski definition) is 4. The summed E-state index contributed by atoms with van der Waals surface area (Å²) in [5, 5.41) is 2.76. The van der Waals surface area contributed by atoms with Crippen molar-refractivity contribution in [1.29, 1.82) is 0 Å². The van der Waals surface area contributed by atoms with Crippen molar-refractivity contribution in [2.45, 2.75) is 24.8 Å². The second-order valence-corrected chi connectivity index (χ2v) is 8.51. The first kappa shape index (κ1) is 22.4. The number of nitrogens with one attached hydrogen (secondary N) is 1. The minimum absolute atomic E-state index is 0.0540. The summed E-state index contributed by atoms with van der Waals surface area (Å²) in [5.74, 6) is 0.395. The number of rotatable bonds is 10. The van der Waals surface area contributed by atoms with E-state index in [0.29, 0.717) is 17.0 Å². The average Bonchev–Trinajstić information content (AvgIpc) is 2.68. The van der Waals surface area contributed by atoms with Crippen molar-refractivity contribution in [2.24, 2.45) is 0 Å². The Labute approximate surface area is 172 Å². The van der Waals surface area contributed by atoms with Gasteiger partial charge in [-0.05, 0) is 62.4 Å². The van der Waals surface area contributed by atoms with E-state index in [-0.39, 0.29) is 30.0 Å². The van der Waals surface area contributed by atoms with E-state index in [9.17, 15) is 13.2 Å².